The predicted molar refractivity (Wildman–Crippen MR) is 39.0 cm³/mol. The van der Waals surface area contributed by atoms with Gasteiger partial charge >= 0.3 is 0 Å². The van der Waals surface area contributed by atoms with E-state index in [0.29, 0.717) is 6.61 Å². The van der Waals surface area contributed by atoms with Gasteiger partial charge in [0.1, 0.15) is 0 Å². The third kappa shape index (κ3) is 1.96. The lowest BCUT2D eigenvalue weighted by atomic mass is 9.98. The number of carbonyl (C=O) groups is 1. The van der Waals surface area contributed by atoms with Gasteiger partial charge in [0.2, 0.25) is 5.24 Å². The van der Waals surface area contributed by atoms with Crippen LogP contribution in [-0.4, -0.2) is 18.0 Å². The summed E-state index contributed by atoms with van der Waals surface area (Å²) in [5.74, 6) is 0.0328. The van der Waals surface area contributed by atoms with E-state index in [2.05, 4.69) is 0 Å². The largest absolute Gasteiger partial charge is 0.378 e. The zero-order valence-electron chi connectivity index (χ0n) is 5.97. The first-order valence-corrected chi connectivity index (χ1v) is 3.89. The molecule has 1 rings (SSSR count). The molecule has 1 aliphatic heterocycles. The van der Waals surface area contributed by atoms with Gasteiger partial charge in [-0.2, -0.15) is 0 Å². The highest BCUT2D eigenvalue weighted by atomic mass is 35.5. The Bertz CT molecular complexity index is 136. The van der Waals surface area contributed by atoms with Crippen molar-refractivity contribution in [3.05, 3.63) is 0 Å². The number of halogens is 1. The van der Waals surface area contributed by atoms with E-state index in [1.54, 1.807) is 0 Å². The molecular formula is C7H11ClO2. The quantitative estimate of drug-likeness (QED) is 0.547. The molecule has 0 amide bonds. The molecule has 0 aromatic rings. The molecule has 2 atom stereocenters. The van der Waals surface area contributed by atoms with E-state index >= 15 is 0 Å². The summed E-state index contributed by atoms with van der Waals surface area (Å²) < 4.78 is 5.25. The van der Waals surface area contributed by atoms with Gasteiger partial charge in [0, 0.05) is 12.5 Å². The maximum Gasteiger partial charge on any atom is 0.224 e. The first-order chi connectivity index (χ1) is 4.70. The first kappa shape index (κ1) is 8.02. The fraction of sp³-hybridized carbons (Fsp3) is 0.857. The summed E-state index contributed by atoms with van der Waals surface area (Å²) in [6, 6.07) is 0. The van der Waals surface area contributed by atoms with Crippen molar-refractivity contribution < 1.29 is 9.53 Å². The highest BCUT2D eigenvalue weighted by Gasteiger charge is 2.23. The summed E-state index contributed by atoms with van der Waals surface area (Å²) >= 11 is 5.33. The Hall–Kier alpha value is -0.0800. The van der Waals surface area contributed by atoms with Gasteiger partial charge in [-0.05, 0) is 31.4 Å². The van der Waals surface area contributed by atoms with Crippen LogP contribution in [0.4, 0.5) is 0 Å². The van der Waals surface area contributed by atoms with Crippen LogP contribution in [0.25, 0.3) is 0 Å². The summed E-state index contributed by atoms with van der Waals surface area (Å²) in [4.78, 5) is 10.7. The van der Waals surface area contributed by atoms with Crippen molar-refractivity contribution in [1.82, 2.24) is 0 Å². The second-order valence-corrected chi connectivity index (χ2v) is 3.08. The molecule has 0 N–H and O–H groups in total. The van der Waals surface area contributed by atoms with E-state index in [0.717, 1.165) is 12.8 Å². The minimum atomic E-state index is -0.213. The average Bonchev–Trinajstić information content (AvgIpc) is 1.88. The van der Waals surface area contributed by atoms with E-state index < -0.39 is 0 Å². The van der Waals surface area contributed by atoms with Gasteiger partial charge in [0.15, 0.2) is 0 Å². The Morgan fingerprint density at radius 3 is 2.80 bits per heavy atom. The van der Waals surface area contributed by atoms with E-state index in [4.69, 9.17) is 16.3 Å². The molecule has 0 radical (unpaired) electrons. The van der Waals surface area contributed by atoms with Crippen LogP contribution in [0.5, 0.6) is 0 Å². The normalized spacial score (nSPS) is 33.8. The van der Waals surface area contributed by atoms with Crippen molar-refractivity contribution in [2.24, 2.45) is 5.92 Å². The summed E-state index contributed by atoms with van der Waals surface area (Å²) in [5.41, 5.74) is 0. The fourth-order valence-corrected chi connectivity index (χ4v) is 1.40. The predicted octanol–water partition coefficient (Wildman–Crippen LogP) is 1.57. The van der Waals surface area contributed by atoms with Crippen LogP contribution in [0.3, 0.4) is 0 Å². The minimum Gasteiger partial charge on any atom is -0.378 e. The summed E-state index contributed by atoms with van der Waals surface area (Å²) in [7, 11) is 0. The lowest BCUT2D eigenvalue weighted by Crippen LogP contribution is -2.26. The molecule has 3 heteroatoms. The number of rotatable bonds is 1. The molecule has 1 heterocycles. The summed E-state index contributed by atoms with van der Waals surface area (Å²) in [6.07, 6.45) is 1.76. The summed E-state index contributed by atoms with van der Waals surface area (Å²) in [5, 5.41) is -0.213. The van der Waals surface area contributed by atoms with Gasteiger partial charge in [-0.15, -0.1) is 0 Å². The smallest absolute Gasteiger partial charge is 0.224 e. The maximum absolute atomic E-state index is 10.7. The Morgan fingerprint density at radius 2 is 2.40 bits per heavy atom. The van der Waals surface area contributed by atoms with Crippen LogP contribution >= 0.6 is 11.6 Å². The topological polar surface area (TPSA) is 26.3 Å². The molecule has 1 saturated heterocycles. The van der Waals surface area contributed by atoms with Crippen molar-refractivity contribution in [3.8, 4) is 0 Å². The second-order valence-electron chi connectivity index (χ2n) is 2.71. The van der Waals surface area contributed by atoms with Crippen LogP contribution in [0, 0.1) is 5.92 Å². The first-order valence-electron chi connectivity index (χ1n) is 3.51. The molecule has 2 nitrogen and oxygen atoms in total. The fourth-order valence-electron chi connectivity index (χ4n) is 1.20. The highest BCUT2D eigenvalue weighted by Crippen LogP contribution is 2.21. The van der Waals surface area contributed by atoms with Crippen LogP contribution in [0.2, 0.25) is 0 Å². The second kappa shape index (κ2) is 3.35. The lowest BCUT2D eigenvalue weighted by molar-refractivity contribution is -0.119. The van der Waals surface area contributed by atoms with Crippen LogP contribution < -0.4 is 0 Å². The Morgan fingerprint density at radius 1 is 1.70 bits per heavy atom. The van der Waals surface area contributed by atoms with Gasteiger partial charge in [-0.3, -0.25) is 4.79 Å². The average molecular weight is 163 g/mol. The van der Waals surface area contributed by atoms with Crippen molar-refractivity contribution in [1.29, 1.82) is 0 Å². The van der Waals surface area contributed by atoms with Gasteiger partial charge in [0.05, 0.1) is 6.10 Å². The Balaban J connectivity index is 2.39. The van der Waals surface area contributed by atoms with Crippen LogP contribution in [0.15, 0.2) is 0 Å². The van der Waals surface area contributed by atoms with Crippen molar-refractivity contribution in [2.45, 2.75) is 25.9 Å². The Labute approximate surface area is 65.5 Å². The monoisotopic (exact) mass is 162 g/mol. The highest BCUT2D eigenvalue weighted by molar-refractivity contribution is 6.63. The molecule has 0 spiro atoms. The molecule has 0 bridgehead atoms. The number of hydrogen-bond acceptors (Lipinski definition) is 2. The molecule has 58 valence electrons. The van der Waals surface area contributed by atoms with Gasteiger partial charge in [-0.25, -0.2) is 0 Å². The number of ether oxygens (including phenoxy) is 1. The van der Waals surface area contributed by atoms with Crippen molar-refractivity contribution in [3.63, 3.8) is 0 Å². The van der Waals surface area contributed by atoms with Gasteiger partial charge in [0.25, 0.3) is 0 Å². The van der Waals surface area contributed by atoms with Crippen LogP contribution in [-0.2, 0) is 9.53 Å². The van der Waals surface area contributed by atoms with E-state index in [-0.39, 0.29) is 17.3 Å². The SMILES string of the molecule is CC1CC(C(=O)Cl)CCO1. The zero-order valence-corrected chi connectivity index (χ0v) is 6.73. The number of hydrogen-bond donors (Lipinski definition) is 0. The maximum atomic E-state index is 10.7. The Kier molecular flexibility index (Phi) is 2.69. The van der Waals surface area contributed by atoms with Crippen molar-refractivity contribution in [2.75, 3.05) is 6.61 Å². The molecule has 0 saturated carbocycles. The molecule has 1 aliphatic rings. The molecule has 0 aromatic heterocycles. The molecule has 0 aromatic carbocycles. The van der Waals surface area contributed by atoms with Crippen molar-refractivity contribution >= 4 is 16.8 Å². The summed E-state index contributed by atoms with van der Waals surface area (Å²) in [6.45, 7) is 2.64. The molecular weight excluding hydrogens is 152 g/mol. The van der Waals surface area contributed by atoms with Crippen LogP contribution in [0.1, 0.15) is 19.8 Å². The molecule has 2 unspecified atom stereocenters. The third-order valence-corrected chi connectivity index (χ3v) is 2.11. The third-order valence-electron chi connectivity index (χ3n) is 1.81. The van der Waals surface area contributed by atoms with Gasteiger partial charge in [-0.1, -0.05) is 0 Å². The van der Waals surface area contributed by atoms with Gasteiger partial charge < -0.3 is 4.74 Å². The molecule has 1 fully saturated rings. The molecule has 0 aliphatic carbocycles. The van der Waals surface area contributed by atoms with E-state index in [9.17, 15) is 4.79 Å². The number of carbonyl (C=O) groups excluding carboxylic acids is 1. The lowest BCUT2D eigenvalue weighted by Gasteiger charge is -2.24. The van der Waals surface area contributed by atoms with E-state index in [1.807, 2.05) is 6.92 Å². The van der Waals surface area contributed by atoms with E-state index in [1.165, 1.54) is 0 Å². The minimum absolute atomic E-state index is 0.0328. The standard InChI is InChI=1S/C7H11ClO2/c1-5-4-6(7(8)9)2-3-10-5/h5-6H,2-4H2,1H3. The molecule has 10 heavy (non-hydrogen) atoms. The zero-order chi connectivity index (χ0) is 7.56.